The molecule has 0 radical (unpaired) electrons. The number of thiocarbonyl (C=S) groups is 1. The fourth-order valence-electron chi connectivity index (χ4n) is 5.50. The van der Waals surface area contributed by atoms with Crippen LogP contribution in [-0.4, -0.2) is 10.8 Å². The van der Waals surface area contributed by atoms with Crippen molar-refractivity contribution in [2.24, 2.45) is 34.0 Å². The van der Waals surface area contributed by atoms with Crippen molar-refractivity contribution in [3.63, 3.8) is 0 Å². The number of hydrazone groups is 1. The molecule has 2 atom stereocenters. The molecule has 4 bridgehead atoms. The number of unbranched alkanes of at least 4 members (excludes halogenated alkanes) is 3. The van der Waals surface area contributed by atoms with E-state index in [1.54, 1.807) is 0 Å². The van der Waals surface area contributed by atoms with Gasteiger partial charge in [0.15, 0.2) is 5.11 Å². The van der Waals surface area contributed by atoms with Crippen LogP contribution < -0.4 is 11.2 Å². The molecule has 4 aliphatic rings. The summed E-state index contributed by atoms with van der Waals surface area (Å²) in [7, 11) is 0. The fraction of sp³-hybridized carbons (Fsp3) is 0.882. The largest absolute Gasteiger partial charge is 0.375 e. The molecule has 0 aromatic heterocycles. The highest BCUT2D eigenvalue weighted by atomic mass is 32.1. The molecular formula is C17H29N3S. The summed E-state index contributed by atoms with van der Waals surface area (Å²) in [5, 5.41) is 5.00. The highest BCUT2D eigenvalue weighted by molar-refractivity contribution is 7.80. The standard InChI is InChI=1S/C17H29N3S/c1-2-3-4-5-6-17-10-12-7-13(11-17)9-14(8-12)15(17)19-20-16(18)21/h12-14H,2-11H2,1H3,(H3,18,20,21)/b19-15+. The number of nitrogens with one attached hydrogen (secondary N) is 1. The average Bonchev–Trinajstić information content (AvgIpc) is 2.42. The molecule has 4 aliphatic carbocycles. The molecule has 0 aliphatic heterocycles. The third kappa shape index (κ3) is 3.10. The van der Waals surface area contributed by atoms with Gasteiger partial charge in [-0.25, -0.2) is 0 Å². The number of hydrogen-bond donors (Lipinski definition) is 2. The van der Waals surface area contributed by atoms with Crippen LogP contribution in [0.15, 0.2) is 5.10 Å². The van der Waals surface area contributed by atoms with Crippen molar-refractivity contribution in [2.75, 3.05) is 0 Å². The molecule has 2 unspecified atom stereocenters. The van der Waals surface area contributed by atoms with Gasteiger partial charge in [0.2, 0.25) is 0 Å². The van der Waals surface area contributed by atoms with Gasteiger partial charge in [0.1, 0.15) is 0 Å². The van der Waals surface area contributed by atoms with Crippen molar-refractivity contribution in [1.29, 1.82) is 0 Å². The predicted molar refractivity (Wildman–Crippen MR) is 92.1 cm³/mol. The van der Waals surface area contributed by atoms with Crippen molar-refractivity contribution in [1.82, 2.24) is 5.43 Å². The SMILES string of the molecule is CCCCCCC12CC3CC(CC(C3)/C1=N\NC(N)=S)C2. The Labute approximate surface area is 134 Å². The topological polar surface area (TPSA) is 50.4 Å². The van der Waals surface area contributed by atoms with E-state index in [9.17, 15) is 0 Å². The number of nitrogens with two attached hydrogens (primary N) is 1. The Morgan fingerprint density at radius 2 is 1.95 bits per heavy atom. The summed E-state index contributed by atoms with van der Waals surface area (Å²) in [6.07, 6.45) is 13.6. The summed E-state index contributed by atoms with van der Waals surface area (Å²) in [6.45, 7) is 2.28. The lowest BCUT2D eigenvalue weighted by Crippen LogP contribution is -2.54. The van der Waals surface area contributed by atoms with E-state index in [1.807, 2.05) is 0 Å². The van der Waals surface area contributed by atoms with Gasteiger partial charge in [0, 0.05) is 17.0 Å². The number of nitrogens with zero attached hydrogens (tertiary/aromatic N) is 1. The molecule has 0 aromatic rings. The summed E-state index contributed by atoms with van der Waals surface area (Å²) in [4.78, 5) is 0. The maximum atomic E-state index is 5.59. The molecule has 4 heteroatoms. The summed E-state index contributed by atoms with van der Waals surface area (Å²) in [5.74, 6) is 2.61. The molecule has 0 heterocycles. The second-order valence-corrected chi connectivity index (χ2v) is 8.05. The zero-order chi connectivity index (χ0) is 14.9. The lowest BCUT2D eigenvalue weighted by Gasteiger charge is -2.57. The van der Waals surface area contributed by atoms with Crippen LogP contribution in [0.25, 0.3) is 0 Å². The quantitative estimate of drug-likeness (QED) is 0.443. The Hall–Kier alpha value is -0.640. The van der Waals surface area contributed by atoms with E-state index >= 15 is 0 Å². The summed E-state index contributed by atoms with van der Waals surface area (Å²) < 4.78 is 0. The molecule has 3 nitrogen and oxygen atoms in total. The first-order chi connectivity index (χ1) is 10.1. The van der Waals surface area contributed by atoms with E-state index in [0.717, 1.165) is 11.8 Å². The minimum atomic E-state index is 0.303. The Morgan fingerprint density at radius 1 is 1.24 bits per heavy atom. The van der Waals surface area contributed by atoms with Crippen molar-refractivity contribution in [3.8, 4) is 0 Å². The summed E-state index contributed by atoms with van der Waals surface area (Å²) >= 11 is 4.95. The molecule has 118 valence electrons. The normalized spacial score (nSPS) is 38.9. The van der Waals surface area contributed by atoms with Gasteiger partial charge < -0.3 is 5.73 Å². The minimum absolute atomic E-state index is 0.303. The first kappa shape index (κ1) is 15.3. The minimum Gasteiger partial charge on any atom is -0.375 e. The molecule has 0 amide bonds. The molecule has 0 aromatic carbocycles. The van der Waals surface area contributed by atoms with Crippen molar-refractivity contribution in [3.05, 3.63) is 0 Å². The van der Waals surface area contributed by atoms with Crippen LogP contribution in [0.5, 0.6) is 0 Å². The van der Waals surface area contributed by atoms with Crippen molar-refractivity contribution < 1.29 is 0 Å². The van der Waals surface area contributed by atoms with Crippen LogP contribution in [0.4, 0.5) is 0 Å². The van der Waals surface area contributed by atoms with E-state index in [2.05, 4.69) is 12.3 Å². The van der Waals surface area contributed by atoms with Gasteiger partial charge in [-0.15, -0.1) is 0 Å². The van der Waals surface area contributed by atoms with E-state index in [4.69, 9.17) is 23.1 Å². The van der Waals surface area contributed by atoms with Crippen molar-refractivity contribution >= 4 is 23.0 Å². The van der Waals surface area contributed by atoms with Gasteiger partial charge in [-0.05, 0) is 62.6 Å². The number of hydrogen-bond acceptors (Lipinski definition) is 2. The zero-order valence-corrected chi connectivity index (χ0v) is 14.1. The maximum absolute atomic E-state index is 5.59. The Bertz CT molecular complexity index is 418. The van der Waals surface area contributed by atoms with Crippen LogP contribution in [-0.2, 0) is 0 Å². The van der Waals surface area contributed by atoms with Crippen LogP contribution in [0.2, 0.25) is 0 Å². The van der Waals surface area contributed by atoms with Crippen LogP contribution in [0, 0.1) is 23.2 Å². The Balaban J connectivity index is 1.75. The zero-order valence-electron chi connectivity index (χ0n) is 13.2. The monoisotopic (exact) mass is 307 g/mol. The van der Waals surface area contributed by atoms with E-state index in [1.165, 1.54) is 69.9 Å². The highest BCUT2D eigenvalue weighted by Crippen LogP contribution is 2.60. The Kier molecular flexibility index (Phi) is 4.53. The first-order valence-corrected chi connectivity index (χ1v) is 9.17. The molecule has 21 heavy (non-hydrogen) atoms. The second-order valence-electron chi connectivity index (χ2n) is 7.61. The van der Waals surface area contributed by atoms with Crippen LogP contribution in [0.1, 0.15) is 71.1 Å². The van der Waals surface area contributed by atoms with E-state index in [0.29, 0.717) is 16.4 Å². The summed E-state index contributed by atoms with van der Waals surface area (Å²) in [5.41, 5.74) is 10.3. The second kappa shape index (κ2) is 6.23. The molecule has 0 spiro atoms. The smallest absolute Gasteiger partial charge is 0.184 e. The lowest BCUT2D eigenvalue weighted by atomic mass is 9.47. The molecule has 4 fully saturated rings. The predicted octanol–water partition coefficient (Wildman–Crippen LogP) is 3.97. The fourth-order valence-corrected chi connectivity index (χ4v) is 5.55. The highest BCUT2D eigenvalue weighted by Gasteiger charge is 2.54. The van der Waals surface area contributed by atoms with Gasteiger partial charge in [-0.3, -0.25) is 5.43 Å². The van der Waals surface area contributed by atoms with Crippen LogP contribution in [0.3, 0.4) is 0 Å². The van der Waals surface area contributed by atoms with E-state index in [-0.39, 0.29) is 0 Å². The van der Waals surface area contributed by atoms with Gasteiger partial charge in [-0.1, -0.05) is 32.6 Å². The van der Waals surface area contributed by atoms with Gasteiger partial charge >= 0.3 is 0 Å². The van der Waals surface area contributed by atoms with Gasteiger partial charge in [0.05, 0.1) is 0 Å². The molecule has 4 rings (SSSR count). The lowest BCUT2D eigenvalue weighted by molar-refractivity contribution is 0.0397. The van der Waals surface area contributed by atoms with Crippen molar-refractivity contribution in [2.45, 2.75) is 71.1 Å². The maximum Gasteiger partial charge on any atom is 0.184 e. The number of rotatable bonds is 6. The Morgan fingerprint density at radius 3 is 2.57 bits per heavy atom. The molecular weight excluding hydrogens is 278 g/mol. The van der Waals surface area contributed by atoms with Gasteiger partial charge in [0.25, 0.3) is 0 Å². The van der Waals surface area contributed by atoms with Gasteiger partial charge in [-0.2, -0.15) is 5.10 Å². The third-order valence-corrected chi connectivity index (χ3v) is 6.08. The molecule has 0 saturated heterocycles. The molecule has 4 saturated carbocycles. The molecule has 3 N–H and O–H groups in total. The average molecular weight is 308 g/mol. The first-order valence-electron chi connectivity index (χ1n) is 8.76. The van der Waals surface area contributed by atoms with E-state index < -0.39 is 0 Å². The van der Waals surface area contributed by atoms with Crippen LogP contribution >= 0.6 is 12.2 Å². The third-order valence-electron chi connectivity index (χ3n) is 5.99. The summed E-state index contributed by atoms with van der Waals surface area (Å²) in [6, 6.07) is 0.